The third-order valence-electron chi connectivity index (χ3n) is 3.70. The Kier molecular flexibility index (Phi) is 6.49. The highest BCUT2D eigenvalue weighted by atomic mass is 32.2. The Balaban J connectivity index is 2.28. The molecule has 1 rings (SSSR count). The van der Waals surface area contributed by atoms with Gasteiger partial charge in [-0.15, -0.1) is 0 Å². The van der Waals surface area contributed by atoms with Crippen LogP contribution in [0.5, 0.6) is 0 Å². The highest BCUT2D eigenvalue weighted by Gasteiger charge is 2.24. The van der Waals surface area contributed by atoms with Gasteiger partial charge in [-0.25, -0.2) is 8.42 Å². The van der Waals surface area contributed by atoms with E-state index in [-0.39, 0.29) is 6.04 Å². The van der Waals surface area contributed by atoms with Crippen molar-refractivity contribution < 1.29 is 8.42 Å². The first-order valence-corrected chi connectivity index (χ1v) is 8.83. The normalized spacial score (nSPS) is 25.6. The first kappa shape index (κ1) is 15.0. The predicted octanol–water partition coefficient (Wildman–Crippen LogP) is 2.37. The molecule has 0 aromatic rings. The van der Waals surface area contributed by atoms with Gasteiger partial charge < -0.3 is 5.32 Å². The van der Waals surface area contributed by atoms with Gasteiger partial charge in [-0.3, -0.25) is 0 Å². The second-order valence-electron chi connectivity index (χ2n) is 5.28. The Morgan fingerprint density at radius 3 is 2.71 bits per heavy atom. The van der Waals surface area contributed by atoms with E-state index >= 15 is 0 Å². The van der Waals surface area contributed by atoms with Crippen molar-refractivity contribution in [3.63, 3.8) is 0 Å². The molecule has 1 fully saturated rings. The SMILES string of the molecule is CCCCC(CC)CNC1CCCS(=O)(=O)C1. The Labute approximate surface area is 106 Å². The van der Waals surface area contributed by atoms with Gasteiger partial charge in [0.2, 0.25) is 0 Å². The van der Waals surface area contributed by atoms with Gasteiger partial charge in [-0.05, 0) is 31.7 Å². The molecule has 2 unspecified atom stereocenters. The van der Waals surface area contributed by atoms with Crippen LogP contribution in [0.15, 0.2) is 0 Å². The van der Waals surface area contributed by atoms with Crippen molar-refractivity contribution in [3.8, 4) is 0 Å². The Morgan fingerprint density at radius 1 is 1.35 bits per heavy atom. The van der Waals surface area contributed by atoms with Gasteiger partial charge in [0.15, 0.2) is 9.84 Å². The molecule has 0 bridgehead atoms. The molecule has 0 aromatic carbocycles. The van der Waals surface area contributed by atoms with Crippen LogP contribution in [0.25, 0.3) is 0 Å². The Bertz CT molecular complexity index is 301. The van der Waals surface area contributed by atoms with Crippen LogP contribution in [0.2, 0.25) is 0 Å². The second kappa shape index (κ2) is 7.37. The van der Waals surface area contributed by atoms with Crippen LogP contribution >= 0.6 is 0 Å². The van der Waals surface area contributed by atoms with Crippen molar-refractivity contribution >= 4 is 9.84 Å². The molecule has 4 heteroatoms. The van der Waals surface area contributed by atoms with E-state index in [9.17, 15) is 8.42 Å². The highest BCUT2D eigenvalue weighted by molar-refractivity contribution is 7.91. The number of rotatable bonds is 7. The number of hydrogen-bond donors (Lipinski definition) is 1. The average Bonchev–Trinajstić information content (AvgIpc) is 2.28. The lowest BCUT2D eigenvalue weighted by atomic mass is 9.99. The fourth-order valence-corrected chi connectivity index (χ4v) is 4.13. The summed E-state index contributed by atoms with van der Waals surface area (Å²) >= 11 is 0. The smallest absolute Gasteiger partial charge is 0.151 e. The first-order valence-electron chi connectivity index (χ1n) is 7.01. The van der Waals surface area contributed by atoms with Gasteiger partial charge in [-0.1, -0.05) is 33.1 Å². The molecule has 1 N–H and O–H groups in total. The minimum Gasteiger partial charge on any atom is -0.313 e. The van der Waals surface area contributed by atoms with Crippen LogP contribution < -0.4 is 5.32 Å². The van der Waals surface area contributed by atoms with E-state index in [1.165, 1.54) is 25.7 Å². The lowest BCUT2D eigenvalue weighted by molar-refractivity contribution is 0.382. The van der Waals surface area contributed by atoms with E-state index in [1.54, 1.807) is 0 Å². The Hall–Kier alpha value is -0.0900. The molecule has 2 atom stereocenters. The number of unbranched alkanes of at least 4 members (excludes halogenated alkanes) is 1. The maximum Gasteiger partial charge on any atom is 0.151 e. The van der Waals surface area contributed by atoms with Crippen LogP contribution in [-0.4, -0.2) is 32.5 Å². The van der Waals surface area contributed by atoms with E-state index in [2.05, 4.69) is 19.2 Å². The number of nitrogens with one attached hydrogen (secondary N) is 1. The molecule has 3 nitrogen and oxygen atoms in total. The highest BCUT2D eigenvalue weighted by Crippen LogP contribution is 2.15. The number of hydrogen-bond acceptors (Lipinski definition) is 3. The minimum atomic E-state index is -2.77. The summed E-state index contributed by atoms with van der Waals surface area (Å²) < 4.78 is 23.0. The summed E-state index contributed by atoms with van der Waals surface area (Å²) in [5.74, 6) is 1.44. The fraction of sp³-hybridized carbons (Fsp3) is 1.00. The van der Waals surface area contributed by atoms with Gasteiger partial charge in [0.1, 0.15) is 0 Å². The topological polar surface area (TPSA) is 46.2 Å². The zero-order valence-electron chi connectivity index (χ0n) is 11.2. The van der Waals surface area contributed by atoms with Crippen molar-refractivity contribution in [2.45, 2.75) is 58.4 Å². The summed E-state index contributed by atoms with van der Waals surface area (Å²) in [5.41, 5.74) is 0. The molecule has 1 aliphatic rings. The molecule has 17 heavy (non-hydrogen) atoms. The van der Waals surface area contributed by atoms with Gasteiger partial charge in [0.05, 0.1) is 11.5 Å². The lowest BCUT2D eigenvalue weighted by Gasteiger charge is -2.25. The summed E-state index contributed by atoms with van der Waals surface area (Å²) in [5, 5.41) is 3.46. The molecule has 0 amide bonds. The first-order chi connectivity index (χ1) is 8.07. The zero-order chi connectivity index (χ0) is 12.7. The van der Waals surface area contributed by atoms with Crippen LogP contribution in [0.4, 0.5) is 0 Å². The quantitative estimate of drug-likeness (QED) is 0.765. The molecule has 0 aliphatic carbocycles. The second-order valence-corrected chi connectivity index (χ2v) is 7.51. The predicted molar refractivity (Wildman–Crippen MR) is 73.0 cm³/mol. The third-order valence-corrected chi connectivity index (χ3v) is 5.52. The summed E-state index contributed by atoms with van der Waals surface area (Å²) in [4.78, 5) is 0. The van der Waals surface area contributed by atoms with E-state index in [4.69, 9.17) is 0 Å². The Morgan fingerprint density at radius 2 is 2.12 bits per heavy atom. The van der Waals surface area contributed by atoms with Crippen molar-refractivity contribution in [1.29, 1.82) is 0 Å². The molecular formula is C13H27NO2S. The molecule has 0 spiro atoms. The zero-order valence-corrected chi connectivity index (χ0v) is 12.1. The summed E-state index contributed by atoms with van der Waals surface area (Å²) in [6, 6.07) is 0.199. The van der Waals surface area contributed by atoms with Crippen LogP contribution in [-0.2, 0) is 9.84 Å². The lowest BCUT2D eigenvalue weighted by Crippen LogP contribution is -2.42. The molecule has 102 valence electrons. The molecule has 0 aromatic heterocycles. The van der Waals surface area contributed by atoms with Crippen LogP contribution in [0.1, 0.15) is 52.4 Å². The fourth-order valence-electron chi connectivity index (χ4n) is 2.46. The van der Waals surface area contributed by atoms with Crippen LogP contribution in [0, 0.1) is 5.92 Å². The van der Waals surface area contributed by atoms with Crippen molar-refractivity contribution in [3.05, 3.63) is 0 Å². The van der Waals surface area contributed by atoms with Crippen molar-refractivity contribution in [1.82, 2.24) is 5.32 Å². The molecular weight excluding hydrogens is 234 g/mol. The van der Waals surface area contributed by atoms with Gasteiger partial charge in [0, 0.05) is 6.04 Å². The molecule has 1 aliphatic heterocycles. The van der Waals surface area contributed by atoms with E-state index in [0.717, 1.165) is 19.4 Å². The third kappa shape index (κ3) is 5.87. The molecule has 1 saturated heterocycles. The van der Waals surface area contributed by atoms with E-state index in [0.29, 0.717) is 17.4 Å². The monoisotopic (exact) mass is 261 g/mol. The minimum absolute atomic E-state index is 0.199. The summed E-state index contributed by atoms with van der Waals surface area (Å²) in [7, 11) is -2.77. The molecule has 1 heterocycles. The van der Waals surface area contributed by atoms with Crippen molar-refractivity contribution in [2.75, 3.05) is 18.1 Å². The van der Waals surface area contributed by atoms with Gasteiger partial charge >= 0.3 is 0 Å². The van der Waals surface area contributed by atoms with Crippen LogP contribution in [0.3, 0.4) is 0 Å². The van der Waals surface area contributed by atoms with E-state index in [1.807, 2.05) is 0 Å². The maximum atomic E-state index is 11.5. The number of sulfone groups is 1. The molecule has 0 radical (unpaired) electrons. The van der Waals surface area contributed by atoms with Gasteiger partial charge in [-0.2, -0.15) is 0 Å². The standard InChI is InChI=1S/C13H27NO2S/c1-3-5-7-12(4-2)10-14-13-8-6-9-17(15,16)11-13/h12-14H,3-11H2,1-2H3. The molecule has 0 saturated carbocycles. The summed E-state index contributed by atoms with van der Waals surface area (Å²) in [6.07, 6.45) is 6.82. The van der Waals surface area contributed by atoms with Gasteiger partial charge in [0.25, 0.3) is 0 Å². The largest absolute Gasteiger partial charge is 0.313 e. The average molecular weight is 261 g/mol. The summed E-state index contributed by atoms with van der Waals surface area (Å²) in [6.45, 7) is 5.42. The maximum absolute atomic E-state index is 11.5. The van der Waals surface area contributed by atoms with Crippen molar-refractivity contribution in [2.24, 2.45) is 5.92 Å². The van der Waals surface area contributed by atoms with E-state index < -0.39 is 9.84 Å².